The van der Waals surface area contributed by atoms with E-state index in [-0.39, 0.29) is 16.9 Å². The summed E-state index contributed by atoms with van der Waals surface area (Å²) in [5, 5.41) is 4.14. The molecule has 1 aromatic carbocycles. The number of benzene rings is 1. The van der Waals surface area contributed by atoms with Crippen LogP contribution in [0.2, 0.25) is 0 Å². The number of hydrogen-bond donors (Lipinski definition) is 1. The molecule has 3 rings (SSSR count). The highest BCUT2D eigenvalue weighted by molar-refractivity contribution is 9.10. The Morgan fingerprint density at radius 2 is 1.81 bits per heavy atom. The van der Waals surface area contributed by atoms with Crippen LogP contribution in [0, 0.1) is 11.6 Å². The van der Waals surface area contributed by atoms with E-state index in [0.29, 0.717) is 5.82 Å². The van der Waals surface area contributed by atoms with Crippen LogP contribution in [-0.4, -0.2) is 14.8 Å². The van der Waals surface area contributed by atoms with Gasteiger partial charge in [-0.1, -0.05) is 6.07 Å². The fraction of sp³-hybridized carbons (Fsp3) is 0. The summed E-state index contributed by atoms with van der Waals surface area (Å²) in [7, 11) is 0. The van der Waals surface area contributed by atoms with Gasteiger partial charge >= 0.3 is 0 Å². The van der Waals surface area contributed by atoms with E-state index in [1.807, 2.05) is 0 Å². The number of nitrogen functional groups attached to an aromatic ring is 1. The third-order valence-electron chi connectivity index (χ3n) is 2.89. The van der Waals surface area contributed by atoms with Crippen molar-refractivity contribution < 1.29 is 8.78 Å². The minimum Gasteiger partial charge on any atom is -0.396 e. The average molecular weight is 351 g/mol. The number of nitrogens with zero attached hydrogens (tertiary/aromatic N) is 3. The SMILES string of the molecule is Nc1cn(-c2ccc(Br)cn2)nc1-c1c(F)cccc1F. The molecule has 0 radical (unpaired) electrons. The minimum absolute atomic E-state index is 0.0512. The van der Waals surface area contributed by atoms with Gasteiger partial charge in [0.25, 0.3) is 0 Å². The lowest BCUT2D eigenvalue weighted by atomic mass is 10.1. The molecule has 21 heavy (non-hydrogen) atoms. The Hall–Kier alpha value is -2.28. The highest BCUT2D eigenvalue weighted by atomic mass is 79.9. The standard InChI is InChI=1S/C14H9BrF2N4/c15-8-4-5-12(19-6-8)21-7-11(18)14(20-21)13-9(16)2-1-3-10(13)17/h1-7H,18H2. The zero-order valence-electron chi connectivity index (χ0n) is 10.6. The van der Waals surface area contributed by atoms with E-state index in [9.17, 15) is 8.78 Å². The third-order valence-corrected chi connectivity index (χ3v) is 3.36. The van der Waals surface area contributed by atoms with Gasteiger partial charge in [0.15, 0.2) is 5.82 Å². The van der Waals surface area contributed by atoms with Crippen molar-refractivity contribution in [3.05, 3.63) is 58.8 Å². The first kappa shape index (κ1) is 13.7. The molecule has 2 N–H and O–H groups in total. The summed E-state index contributed by atoms with van der Waals surface area (Å²) in [5.74, 6) is -0.931. The second-order valence-electron chi connectivity index (χ2n) is 4.31. The number of aromatic nitrogens is 3. The first-order valence-electron chi connectivity index (χ1n) is 5.97. The molecule has 0 saturated heterocycles. The predicted octanol–water partition coefficient (Wildman–Crippen LogP) is 3.56. The first-order chi connectivity index (χ1) is 10.1. The van der Waals surface area contributed by atoms with Gasteiger partial charge in [-0.2, -0.15) is 5.10 Å². The number of nitrogens with two attached hydrogens (primary N) is 1. The smallest absolute Gasteiger partial charge is 0.153 e. The van der Waals surface area contributed by atoms with Crippen molar-refractivity contribution in [3.63, 3.8) is 0 Å². The van der Waals surface area contributed by atoms with Crippen LogP contribution in [0.15, 0.2) is 47.2 Å². The molecule has 0 aliphatic rings. The zero-order valence-corrected chi connectivity index (χ0v) is 12.2. The van der Waals surface area contributed by atoms with Crippen LogP contribution in [0.1, 0.15) is 0 Å². The topological polar surface area (TPSA) is 56.7 Å². The van der Waals surface area contributed by atoms with E-state index < -0.39 is 11.6 Å². The van der Waals surface area contributed by atoms with Gasteiger partial charge in [-0.3, -0.25) is 0 Å². The van der Waals surface area contributed by atoms with Gasteiger partial charge in [0, 0.05) is 10.7 Å². The van der Waals surface area contributed by atoms with Crippen molar-refractivity contribution in [1.82, 2.24) is 14.8 Å². The van der Waals surface area contributed by atoms with Gasteiger partial charge in [0.1, 0.15) is 17.3 Å². The van der Waals surface area contributed by atoms with Gasteiger partial charge in [0.2, 0.25) is 0 Å². The molecule has 3 aromatic rings. The molecular formula is C14H9BrF2N4. The van der Waals surface area contributed by atoms with E-state index in [0.717, 1.165) is 16.6 Å². The van der Waals surface area contributed by atoms with Gasteiger partial charge in [-0.05, 0) is 40.2 Å². The van der Waals surface area contributed by atoms with Crippen LogP contribution in [0.5, 0.6) is 0 Å². The van der Waals surface area contributed by atoms with Crippen LogP contribution in [0.25, 0.3) is 17.1 Å². The molecule has 0 fully saturated rings. The fourth-order valence-corrected chi connectivity index (χ4v) is 2.16. The van der Waals surface area contributed by atoms with Crippen LogP contribution < -0.4 is 5.73 Å². The molecular weight excluding hydrogens is 342 g/mol. The minimum atomic E-state index is -0.712. The molecule has 0 aliphatic heterocycles. The fourth-order valence-electron chi connectivity index (χ4n) is 1.93. The van der Waals surface area contributed by atoms with Crippen LogP contribution in [0.3, 0.4) is 0 Å². The maximum Gasteiger partial charge on any atom is 0.153 e. The summed E-state index contributed by atoms with van der Waals surface area (Å²) < 4.78 is 29.8. The summed E-state index contributed by atoms with van der Waals surface area (Å²) in [6.07, 6.45) is 3.06. The van der Waals surface area contributed by atoms with Gasteiger partial charge < -0.3 is 5.73 Å². The molecule has 0 bridgehead atoms. The lowest BCUT2D eigenvalue weighted by molar-refractivity contribution is 0.588. The molecule has 2 aromatic heterocycles. The summed E-state index contributed by atoms with van der Waals surface area (Å²) in [4.78, 5) is 4.15. The van der Waals surface area contributed by atoms with Crippen molar-refractivity contribution in [1.29, 1.82) is 0 Å². The average Bonchev–Trinajstić information content (AvgIpc) is 2.81. The second-order valence-corrected chi connectivity index (χ2v) is 5.22. The predicted molar refractivity (Wildman–Crippen MR) is 78.8 cm³/mol. The largest absolute Gasteiger partial charge is 0.396 e. The second kappa shape index (κ2) is 5.25. The Balaban J connectivity index is 2.12. The molecule has 0 spiro atoms. The molecule has 4 nitrogen and oxygen atoms in total. The molecule has 7 heteroatoms. The van der Waals surface area contributed by atoms with Crippen LogP contribution >= 0.6 is 15.9 Å². The Morgan fingerprint density at radius 1 is 1.10 bits per heavy atom. The Bertz CT molecular complexity index is 779. The Morgan fingerprint density at radius 3 is 2.43 bits per heavy atom. The summed E-state index contributed by atoms with van der Waals surface area (Å²) >= 11 is 3.28. The van der Waals surface area contributed by atoms with Gasteiger partial charge in [0.05, 0.1) is 17.4 Å². The third kappa shape index (κ3) is 2.52. The van der Waals surface area contributed by atoms with Crippen molar-refractivity contribution in [2.24, 2.45) is 0 Å². The van der Waals surface area contributed by atoms with Crippen molar-refractivity contribution in [2.75, 3.05) is 5.73 Å². The van der Waals surface area contributed by atoms with Crippen LogP contribution in [0.4, 0.5) is 14.5 Å². The van der Waals surface area contributed by atoms with Crippen molar-refractivity contribution in [3.8, 4) is 17.1 Å². The number of rotatable bonds is 2. The molecule has 0 unspecified atom stereocenters. The molecule has 0 atom stereocenters. The number of hydrogen-bond acceptors (Lipinski definition) is 3. The highest BCUT2D eigenvalue weighted by Crippen LogP contribution is 2.29. The highest BCUT2D eigenvalue weighted by Gasteiger charge is 2.18. The molecule has 0 amide bonds. The van der Waals surface area contributed by atoms with E-state index >= 15 is 0 Å². The van der Waals surface area contributed by atoms with Crippen molar-refractivity contribution in [2.45, 2.75) is 0 Å². The lowest BCUT2D eigenvalue weighted by Gasteiger charge is -2.02. The maximum atomic E-state index is 13.8. The number of anilines is 1. The van der Waals surface area contributed by atoms with Crippen molar-refractivity contribution >= 4 is 21.6 Å². The lowest BCUT2D eigenvalue weighted by Crippen LogP contribution is -1.98. The number of halogens is 3. The summed E-state index contributed by atoms with van der Waals surface area (Å²) in [6.45, 7) is 0. The quantitative estimate of drug-likeness (QED) is 0.768. The summed E-state index contributed by atoms with van der Waals surface area (Å²) in [6, 6.07) is 7.10. The molecule has 106 valence electrons. The van der Waals surface area contributed by atoms with Crippen LogP contribution in [-0.2, 0) is 0 Å². The van der Waals surface area contributed by atoms with E-state index in [1.165, 1.54) is 16.9 Å². The Kier molecular flexibility index (Phi) is 3.42. The summed E-state index contributed by atoms with van der Waals surface area (Å²) in [5.41, 5.74) is 5.80. The normalized spacial score (nSPS) is 10.8. The van der Waals surface area contributed by atoms with E-state index in [4.69, 9.17) is 5.73 Å². The monoisotopic (exact) mass is 350 g/mol. The maximum absolute atomic E-state index is 13.8. The van der Waals surface area contributed by atoms with Gasteiger partial charge in [-0.15, -0.1) is 0 Å². The number of pyridine rings is 1. The van der Waals surface area contributed by atoms with E-state index in [2.05, 4.69) is 26.0 Å². The van der Waals surface area contributed by atoms with E-state index in [1.54, 1.807) is 18.3 Å². The molecule has 2 heterocycles. The zero-order chi connectivity index (χ0) is 15.0. The van der Waals surface area contributed by atoms with Gasteiger partial charge in [-0.25, -0.2) is 18.4 Å². The first-order valence-corrected chi connectivity index (χ1v) is 6.77. The molecule has 0 aliphatic carbocycles. The molecule has 0 saturated carbocycles. The Labute approximate surface area is 127 Å².